The minimum Gasteiger partial charge on any atom is -0.467 e. The number of likely N-dealkylation sites (tertiary alicyclic amines) is 1. The quantitative estimate of drug-likeness (QED) is 0.333. The lowest BCUT2D eigenvalue weighted by atomic mass is 10.1. The van der Waals surface area contributed by atoms with Gasteiger partial charge in [-0.2, -0.15) is 0 Å². The van der Waals surface area contributed by atoms with Gasteiger partial charge < -0.3 is 29.1 Å². The molecule has 0 aliphatic carbocycles. The molecule has 3 aromatic rings. The van der Waals surface area contributed by atoms with Gasteiger partial charge >= 0.3 is 12.1 Å². The number of pyridine rings is 1. The second-order valence-corrected chi connectivity index (χ2v) is 11.2. The van der Waals surface area contributed by atoms with Crippen molar-refractivity contribution in [2.24, 2.45) is 0 Å². The van der Waals surface area contributed by atoms with Gasteiger partial charge in [-0.3, -0.25) is 4.90 Å². The standard InChI is InChI=1S/C29H32Cl2N6O6/c1-41-27(38)18-42-23-2-4-35(5-3-23)17-19-10-25(20-12-21(30)14-22(31)13-20)34-26(11-19)43-24-15-32-28(33-16-24)36-6-8-37(9-7-36)29(39)40/h10-16,23H,2-9,17-18H2,1H3,(H,39,40). The van der Waals surface area contributed by atoms with Crippen LogP contribution in [0.25, 0.3) is 11.3 Å². The summed E-state index contributed by atoms with van der Waals surface area (Å²) in [5, 5.41) is 10.2. The Morgan fingerprint density at radius 3 is 2.26 bits per heavy atom. The summed E-state index contributed by atoms with van der Waals surface area (Å²) in [6.45, 7) is 4.03. The molecule has 2 aliphatic rings. The number of nitrogens with zero attached hydrogens (tertiary/aromatic N) is 6. The Hall–Kier alpha value is -3.71. The van der Waals surface area contributed by atoms with E-state index in [4.69, 9.17) is 37.7 Å². The van der Waals surface area contributed by atoms with E-state index in [1.807, 2.05) is 17.0 Å². The van der Waals surface area contributed by atoms with Gasteiger partial charge in [0.05, 0.1) is 31.3 Å². The second kappa shape index (κ2) is 14.2. The molecule has 0 unspecified atom stereocenters. The SMILES string of the molecule is COC(=O)COC1CCN(Cc2cc(Oc3cnc(N4CCN(C(=O)O)CC4)nc3)nc(-c3cc(Cl)cc(Cl)c3)c2)CC1. The highest BCUT2D eigenvalue weighted by Gasteiger charge is 2.23. The van der Waals surface area contributed by atoms with Gasteiger partial charge in [-0.25, -0.2) is 24.5 Å². The number of rotatable bonds is 9. The second-order valence-electron chi connectivity index (χ2n) is 10.3. The van der Waals surface area contributed by atoms with E-state index in [1.165, 1.54) is 12.0 Å². The lowest BCUT2D eigenvalue weighted by Crippen LogP contribution is -2.48. The number of esters is 1. The van der Waals surface area contributed by atoms with E-state index in [1.54, 1.807) is 30.6 Å². The number of carboxylic acid groups (broad SMARTS) is 1. The number of amides is 1. The van der Waals surface area contributed by atoms with Crippen molar-refractivity contribution < 1.29 is 28.9 Å². The summed E-state index contributed by atoms with van der Waals surface area (Å²) < 4.78 is 16.5. The maximum absolute atomic E-state index is 11.4. The van der Waals surface area contributed by atoms with E-state index in [9.17, 15) is 14.7 Å². The van der Waals surface area contributed by atoms with Crippen LogP contribution in [0, 0.1) is 0 Å². The summed E-state index contributed by atoms with van der Waals surface area (Å²) in [7, 11) is 1.35. The van der Waals surface area contributed by atoms with Crippen LogP contribution in [0.15, 0.2) is 42.7 Å². The number of halogens is 2. The van der Waals surface area contributed by atoms with Crippen molar-refractivity contribution in [3.05, 3.63) is 58.3 Å². The largest absolute Gasteiger partial charge is 0.467 e. The molecule has 0 radical (unpaired) electrons. The number of carbonyl (C=O) groups excluding carboxylic acids is 1. The Bertz CT molecular complexity index is 1410. The monoisotopic (exact) mass is 630 g/mol. The van der Waals surface area contributed by atoms with Crippen molar-refractivity contribution in [1.29, 1.82) is 0 Å². The number of benzene rings is 1. The molecule has 2 aliphatic heterocycles. The minimum atomic E-state index is -0.924. The molecule has 1 amide bonds. The number of hydrogen-bond donors (Lipinski definition) is 1. The summed E-state index contributed by atoms with van der Waals surface area (Å²) >= 11 is 12.6. The van der Waals surface area contributed by atoms with Gasteiger partial charge in [0, 0.05) is 67.5 Å². The fourth-order valence-electron chi connectivity index (χ4n) is 5.03. The fourth-order valence-corrected chi connectivity index (χ4v) is 5.56. The summed E-state index contributed by atoms with van der Waals surface area (Å²) in [4.78, 5) is 41.8. The van der Waals surface area contributed by atoms with Crippen molar-refractivity contribution in [2.75, 3.05) is 57.9 Å². The predicted molar refractivity (Wildman–Crippen MR) is 160 cm³/mol. The zero-order valence-corrected chi connectivity index (χ0v) is 25.1. The van der Waals surface area contributed by atoms with Crippen molar-refractivity contribution in [1.82, 2.24) is 24.8 Å². The number of anilines is 1. The molecule has 0 atom stereocenters. The van der Waals surface area contributed by atoms with E-state index in [0.29, 0.717) is 66.0 Å². The average Bonchev–Trinajstić information content (AvgIpc) is 3.00. The molecule has 0 saturated carbocycles. The Kier molecular flexibility index (Phi) is 10.1. The van der Waals surface area contributed by atoms with Crippen LogP contribution in [-0.2, 0) is 20.8 Å². The molecule has 43 heavy (non-hydrogen) atoms. The Labute approximate surface area is 259 Å². The van der Waals surface area contributed by atoms with Crippen LogP contribution >= 0.6 is 23.2 Å². The summed E-state index contributed by atoms with van der Waals surface area (Å²) in [5.41, 5.74) is 2.40. The number of piperazine rings is 1. The average molecular weight is 632 g/mol. The Morgan fingerprint density at radius 1 is 0.953 bits per heavy atom. The van der Waals surface area contributed by atoms with Crippen LogP contribution in [0.4, 0.5) is 10.7 Å². The normalized spacial score (nSPS) is 16.3. The van der Waals surface area contributed by atoms with Crippen LogP contribution < -0.4 is 9.64 Å². The number of carbonyl (C=O) groups is 2. The molecular formula is C29H32Cl2N6O6. The van der Waals surface area contributed by atoms with Crippen LogP contribution in [0.3, 0.4) is 0 Å². The number of hydrogen-bond acceptors (Lipinski definition) is 10. The van der Waals surface area contributed by atoms with Crippen LogP contribution in [0.1, 0.15) is 18.4 Å². The molecule has 1 aromatic carbocycles. The molecule has 5 rings (SSSR count). The van der Waals surface area contributed by atoms with E-state index in [0.717, 1.165) is 37.1 Å². The lowest BCUT2D eigenvalue weighted by Gasteiger charge is -2.32. The van der Waals surface area contributed by atoms with E-state index >= 15 is 0 Å². The van der Waals surface area contributed by atoms with E-state index in [-0.39, 0.29) is 18.7 Å². The molecule has 14 heteroatoms. The van der Waals surface area contributed by atoms with Gasteiger partial charge in [-0.05, 0) is 42.7 Å². The molecule has 4 heterocycles. The van der Waals surface area contributed by atoms with Gasteiger partial charge in [-0.1, -0.05) is 23.2 Å². The van der Waals surface area contributed by atoms with Crippen LogP contribution in [0.2, 0.25) is 10.0 Å². The van der Waals surface area contributed by atoms with E-state index < -0.39 is 6.09 Å². The summed E-state index contributed by atoms with van der Waals surface area (Å²) in [6.07, 6.45) is 3.85. The third-order valence-corrected chi connectivity index (χ3v) is 7.73. The lowest BCUT2D eigenvalue weighted by molar-refractivity contribution is -0.149. The van der Waals surface area contributed by atoms with E-state index in [2.05, 4.69) is 19.6 Å². The topological polar surface area (TPSA) is 130 Å². The predicted octanol–water partition coefficient (Wildman–Crippen LogP) is 4.59. The van der Waals surface area contributed by atoms with Crippen molar-refractivity contribution >= 4 is 41.2 Å². The van der Waals surface area contributed by atoms with Crippen LogP contribution in [0.5, 0.6) is 11.6 Å². The molecule has 228 valence electrons. The number of ether oxygens (including phenoxy) is 3. The maximum atomic E-state index is 11.4. The molecule has 0 spiro atoms. The van der Waals surface area contributed by atoms with Crippen molar-refractivity contribution in [2.45, 2.75) is 25.5 Å². The summed E-state index contributed by atoms with van der Waals surface area (Å²) in [6, 6.07) is 9.14. The van der Waals surface area contributed by atoms with Gasteiger partial charge in [0.15, 0.2) is 5.75 Å². The van der Waals surface area contributed by atoms with Gasteiger partial charge in [0.1, 0.15) is 6.61 Å². The molecule has 2 aromatic heterocycles. The molecule has 0 bridgehead atoms. The molecule has 1 N–H and O–H groups in total. The highest BCUT2D eigenvalue weighted by molar-refractivity contribution is 6.35. The van der Waals surface area contributed by atoms with Crippen molar-refractivity contribution in [3.63, 3.8) is 0 Å². The first-order chi connectivity index (χ1) is 20.7. The van der Waals surface area contributed by atoms with Gasteiger partial charge in [0.2, 0.25) is 11.8 Å². The number of methoxy groups -OCH3 is 1. The highest BCUT2D eigenvalue weighted by atomic mass is 35.5. The molecule has 12 nitrogen and oxygen atoms in total. The first-order valence-electron chi connectivity index (χ1n) is 13.9. The summed E-state index contributed by atoms with van der Waals surface area (Å²) in [5.74, 6) is 0.911. The molecule has 2 saturated heterocycles. The fraction of sp³-hybridized carbons (Fsp3) is 0.414. The first-order valence-corrected chi connectivity index (χ1v) is 14.6. The zero-order chi connectivity index (χ0) is 30.3. The highest BCUT2D eigenvalue weighted by Crippen LogP contribution is 2.31. The maximum Gasteiger partial charge on any atom is 0.407 e. The van der Waals surface area contributed by atoms with Gasteiger partial charge in [-0.15, -0.1) is 0 Å². The van der Waals surface area contributed by atoms with Crippen molar-refractivity contribution in [3.8, 4) is 22.9 Å². The Balaban J connectivity index is 1.29. The molecular weight excluding hydrogens is 599 g/mol. The smallest absolute Gasteiger partial charge is 0.407 e. The Morgan fingerprint density at radius 2 is 1.63 bits per heavy atom. The molecule has 2 fully saturated rings. The first kappa shape index (κ1) is 30.7. The van der Waals surface area contributed by atoms with Crippen LogP contribution in [-0.4, -0.2) is 101 Å². The van der Waals surface area contributed by atoms with Gasteiger partial charge in [0.25, 0.3) is 0 Å². The third kappa shape index (κ3) is 8.44. The zero-order valence-electron chi connectivity index (χ0n) is 23.6. The minimum absolute atomic E-state index is 0.0138. The number of aromatic nitrogens is 3. The third-order valence-electron chi connectivity index (χ3n) is 7.30. The number of piperidine rings is 1.